The molecule has 3 aromatic carbocycles. The van der Waals surface area contributed by atoms with E-state index in [-0.39, 0.29) is 16.7 Å². The number of benzene rings is 3. The van der Waals surface area contributed by atoms with Crippen molar-refractivity contribution >= 4 is 64.4 Å². The zero-order valence-corrected chi connectivity index (χ0v) is 29.8. The normalized spacial score (nSPS) is 17.0. The molecule has 8 nitrogen and oxygen atoms in total. The van der Waals surface area contributed by atoms with Crippen molar-refractivity contribution in [3.05, 3.63) is 93.9 Å². The van der Waals surface area contributed by atoms with Crippen molar-refractivity contribution in [3.63, 3.8) is 0 Å². The first-order valence-electron chi connectivity index (χ1n) is 16.8. The first-order valence-corrected chi connectivity index (χ1v) is 19.8. The van der Waals surface area contributed by atoms with Crippen LogP contribution in [0, 0.1) is 11.7 Å². The van der Waals surface area contributed by atoms with Crippen LogP contribution in [0.1, 0.15) is 67.2 Å². The molecule has 2 aliphatic rings. The summed E-state index contributed by atoms with van der Waals surface area (Å²) in [5, 5.41) is 10.6. The highest BCUT2D eigenvalue weighted by molar-refractivity contribution is 7.70. The number of hydrogen-bond acceptors (Lipinski definition) is 8. The van der Waals surface area contributed by atoms with Crippen LogP contribution in [0.25, 0.3) is 0 Å². The molecular formula is C38H42ClFN5O3P. The fourth-order valence-corrected chi connectivity index (χ4v) is 8.13. The van der Waals surface area contributed by atoms with Gasteiger partial charge < -0.3 is 20.5 Å². The third kappa shape index (κ3) is 8.75. The highest BCUT2D eigenvalue weighted by Crippen LogP contribution is 2.40. The molecule has 0 saturated carbocycles. The molecule has 4 aromatic rings. The molecule has 0 bridgehead atoms. The maximum absolute atomic E-state index is 14.0. The third-order valence-electron chi connectivity index (χ3n) is 9.42. The van der Waals surface area contributed by atoms with Crippen LogP contribution >= 0.6 is 18.7 Å². The summed E-state index contributed by atoms with van der Waals surface area (Å²) in [5.41, 5.74) is 7.19. The molecule has 0 fully saturated rings. The van der Waals surface area contributed by atoms with E-state index >= 15 is 0 Å². The van der Waals surface area contributed by atoms with E-state index in [1.165, 1.54) is 41.1 Å². The van der Waals surface area contributed by atoms with Gasteiger partial charge in [0, 0.05) is 48.9 Å². The first kappa shape index (κ1) is 34.8. The van der Waals surface area contributed by atoms with E-state index < -0.39 is 13.0 Å². The Morgan fingerprint density at radius 3 is 2.39 bits per heavy atom. The number of carbonyl (C=O) groups excluding carboxylic acids is 2. The average Bonchev–Trinajstić information content (AvgIpc) is 3.34. The predicted octanol–water partition coefficient (Wildman–Crippen LogP) is 8.58. The van der Waals surface area contributed by atoms with Crippen LogP contribution in [0.3, 0.4) is 0 Å². The highest BCUT2D eigenvalue weighted by atomic mass is 35.5. The number of carbonyl (C=O) groups is 2. The molecule has 2 unspecified atom stereocenters. The van der Waals surface area contributed by atoms with Crippen LogP contribution in [-0.2, 0) is 33.4 Å². The molecule has 0 saturated heterocycles. The number of nitrogens with one attached hydrogen (secondary N) is 3. The van der Waals surface area contributed by atoms with Crippen molar-refractivity contribution in [2.45, 2.75) is 64.2 Å². The van der Waals surface area contributed by atoms with Crippen molar-refractivity contribution in [2.24, 2.45) is 5.92 Å². The lowest BCUT2D eigenvalue weighted by molar-refractivity contribution is -0.119. The zero-order valence-electron chi connectivity index (χ0n) is 28.1. The second-order valence-corrected chi connectivity index (χ2v) is 17.3. The van der Waals surface area contributed by atoms with E-state index in [2.05, 4.69) is 63.2 Å². The zero-order chi connectivity index (χ0) is 34.7. The Hall–Kier alpha value is -4.07. The summed E-state index contributed by atoms with van der Waals surface area (Å²) in [7, 11) is -2.80. The summed E-state index contributed by atoms with van der Waals surface area (Å²) >= 11 is 6.42. The Kier molecular flexibility index (Phi) is 10.5. The van der Waals surface area contributed by atoms with Gasteiger partial charge in [-0.2, -0.15) is 4.98 Å². The number of fused-ring (bicyclic) bond motifs is 2. The summed E-state index contributed by atoms with van der Waals surface area (Å²) < 4.78 is 26.8. The standard InChI is InChI=1S/C38H42ClFN5O3P/c1-23(21-41-29-9-4-24-5-11-31(46)12-6-25(24)17-29)16-27-19-32(47)13-7-26-18-30(10-14-33(26)27)43-38-42-22-34(39)37(45-38)44-35-15-8-28(40)20-36(35)49(2,3)48/h4,8-10,14-15,17-18,20,22-23,27,41H,5-7,11-13,16,19,21H2,1-3H3,(H2,42,43,44,45). The molecule has 49 heavy (non-hydrogen) atoms. The van der Waals surface area contributed by atoms with Crippen LogP contribution in [-0.4, -0.2) is 41.4 Å². The Morgan fingerprint density at radius 1 is 0.878 bits per heavy atom. The van der Waals surface area contributed by atoms with Crippen LogP contribution in [0.15, 0.2) is 60.8 Å². The second-order valence-electron chi connectivity index (χ2n) is 13.7. The Bertz CT molecular complexity index is 1950. The number of ketones is 2. The second kappa shape index (κ2) is 14.8. The topological polar surface area (TPSA) is 113 Å². The number of aromatic nitrogens is 2. The summed E-state index contributed by atoms with van der Waals surface area (Å²) in [6.45, 7) is 6.17. The minimum atomic E-state index is -2.80. The maximum Gasteiger partial charge on any atom is 0.229 e. The number of anilines is 5. The molecule has 11 heteroatoms. The van der Waals surface area contributed by atoms with Gasteiger partial charge in [0.15, 0.2) is 5.82 Å². The number of aryl methyl sites for hydroxylation is 3. The number of rotatable bonds is 10. The van der Waals surface area contributed by atoms with Crippen molar-refractivity contribution in [3.8, 4) is 0 Å². The van der Waals surface area contributed by atoms with Crippen molar-refractivity contribution in [1.29, 1.82) is 0 Å². The lowest BCUT2D eigenvalue weighted by Crippen LogP contribution is -2.16. The highest BCUT2D eigenvalue weighted by Gasteiger charge is 2.25. The van der Waals surface area contributed by atoms with Crippen LogP contribution in [0.2, 0.25) is 5.02 Å². The van der Waals surface area contributed by atoms with E-state index in [4.69, 9.17) is 11.6 Å². The lowest BCUT2D eigenvalue weighted by atomic mass is 9.85. The maximum atomic E-state index is 14.0. The molecule has 256 valence electrons. The van der Waals surface area contributed by atoms with E-state index in [1.54, 1.807) is 13.3 Å². The van der Waals surface area contributed by atoms with Gasteiger partial charge in [0.2, 0.25) is 5.95 Å². The van der Waals surface area contributed by atoms with Gasteiger partial charge in [-0.05, 0) is 116 Å². The van der Waals surface area contributed by atoms with Gasteiger partial charge in [-0.1, -0.05) is 30.7 Å². The smallest absolute Gasteiger partial charge is 0.229 e. The largest absolute Gasteiger partial charge is 0.385 e. The number of halogens is 2. The number of hydrogen-bond donors (Lipinski definition) is 3. The molecule has 6 rings (SSSR count). The molecule has 2 atom stereocenters. The van der Waals surface area contributed by atoms with Gasteiger partial charge in [0.25, 0.3) is 0 Å². The average molecular weight is 702 g/mol. The van der Waals surface area contributed by atoms with Crippen molar-refractivity contribution in [1.82, 2.24) is 9.97 Å². The van der Waals surface area contributed by atoms with Gasteiger partial charge in [-0.15, -0.1) is 0 Å². The van der Waals surface area contributed by atoms with E-state index in [0.717, 1.165) is 42.7 Å². The molecule has 0 amide bonds. The molecular weight excluding hydrogens is 660 g/mol. The predicted molar refractivity (Wildman–Crippen MR) is 197 cm³/mol. The van der Waals surface area contributed by atoms with Gasteiger partial charge in [0.1, 0.15) is 29.5 Å². The number of nitrogens with zero attached hydrogens (tertiary/aromatic N) is 2. The molecule has 3 N–H and O–H groups in total. The third-order valence-corrected chi connectivity index (χ3v) is 11.2. The SMILES string of the molecule is CC(CNc1ccc2c(c1)CCC(=O)CC2)CC1CC(=O)CCc2cc(Nc3ncc(Cl)c(Nc4ccc(F)cc4P(C)(C)=O)n3)ccc21. The summed E-state index contributed by atoms with van der Waals surface area (Å²) in [6, 6.07) is 16.7. The van der Waals surface area contributed by atoms with Crippen LogP contribution < -0.4 is 21.3 Å². The minimum Gasteiger partial charge on any atom is -0.385 e. The quantitative estimate of drug-likeness (QED) is 0.111. The van der Waals surface area contributed by atoms with E-state index in [0.29, 0.717) is 66.6 Å². The molecule has 0 aliphatic heterocycles. The molecule has 2 aliphatic carbocycles. The van der Waals surface area contributed by atoms with Gasteiger partial charge in [0.05, 0.1) is 11.9 Å². The van der Waals surface area contributed by atoms with E-state index in [1.807, 2.05) is 6.07 Å². The summed E-state index contributed by atoms with van der Waals surface area (Å²) in [6.07, 6.45) is 6.92. The molecule has 0 radical (unpaired) electrons. The lowest BCUT2D eigenvalue weighted by Gasteiger charge is -2.23. The fourth-order valence-electron chi connectivity index (χ4n) is 6.84. The number of Topliss-reactive ketones (excluding diaryl/α,β-unsaturated/α-hetero) is 2. The van der Waals surface area contributed by atoms with Crippen LogP contribution in [0.4, 0.5) is 33.2 Å². The first-order chi connectivity index (χ1) is 23.4. The van der Waals surface area contributed by atoms with Crippen molar-refractivity contribution < 1.29 is 18.5 Å². The molecule has 1 aromatic heterocycles. The fraction of sp³-hybridized carbons (Fsp3) is 0.368. The summed E-state index contributed by atoms with van der Waals surface area (Å²) in [4.78, 5) is 33.7. The Balaban J connectivity index is 1.14. The van der Waals surface area contributed by atoms with Crippen molar-refractivity contribution in [2.75, 3.05) is 35.8 Å². The molecule has 0 spiro atoms. The van der Waals surface area contributed by atoms with Gasteiger partial charge in [-0.25, -0.2) is 9.37 Å². The van der Waals surface area contributed by atoms with Gasteiger partial charge >= 0.3 is 0 Å². The van der Waals surface area contributed by atoms with Crippen LogP contribution in [0.5, 0.6) is 0 Å². The summed E-state index contributed by atoms with van der Waals surface area (Å²) in [5.74, 6) is 1.18. The Morgan fingerprint density at radius 2 is 1.59 bits per heavy atom. The monoisotopic (exact) mass is 701 g/mol. The van der Waals surface area contributed by atoms with Gasteiger partial charge in [-0.3, -0.25) is 9.59 Å². The Labute approximate surface area is 292 Å². The molecule has 1 heterocycles. The minimum absolute atomic E-state index is 0.120. The van der Waals surface area contributed by atoms with E-state index in [9.17, 15) is 18.5 Å².